The normalized spacial score (nSPS) is 12.1. The van der Waals surface area contributed by atoms with E-state index < -0.39 is 6.10 Å². The monoisotopic (exact) mass is 263 g/mol. The number of hydrogen-bond acceptors (Lipinski definition) is 4. The molecule has 102 valence electrons. The quantitative estimate of drug-likeness (QED) is 0.631. The van der Waals surface area contributed by atoms with Gasteiger partial charge >= 0.3 is 5.69 Å². The van der Waals surface area contributed by atoms with Gasteiger partial charge in [0.15, 0.2) is 0 Å². The van der Waals surface area contributed by atoms with Gasteiger partial charge in [-0.15, -0.1) is 0 Å². The first-order valence-corrected chi connectivity index (χ1v) is 6.12. The third-order valence-electron chi connectivity index (χ3n) is 2.65. The van der Waals surface area contributed by atoms with Crippen LogP contribution in [-0.4, -0.2) is 28.2 Å². The fourth-order valence-electron chi connectivity index (χ4n) is 1.74. The summed E-state index contributed by atoms with van der Waals surface area (Å²) in [4.78, 5) is 15.9. The molecule has 6 heteroatoms. The molecule has 0 radical (unpaired) electrons. The molecule has 4 N–H and O–H groups in total. The maximum atomic E-state index is 10.9. The smallest absolute Gasteiger partial charge is 0.323 e. The van der Waals surface area contributed by atoms with Crippen LogP contribution in [0.3, 0.4) is 0 Å². The Morgan fingerprint density at radius 3 is 2.89 bits per heavy atom. The van der Waals surface area contributed by atoms with Crippen molar-refractivity contribution in [2.24, 2.45) is 0 Å². The molecule has 1 aromatic heterocycles. The largest absolute Gasteiger partial charge is 0.492 e. The minimum atomic E-state index is -0.798. The Labute approximate surface area is 110 Å². The maximum absolute atomic E-state index is 10.9. The van der Waals surface area contributed by atoms with Crippen LogP contribution in [0.1, 0.15) is 18.7 Å². The molecule has 1 atom stereocenters. The van der Waals surface area contributed by atoms with Crippen LogP contribution in [0.5, 0.6) is 5.75 Å². The van der Waals surface area contributed by atoms with E-state index >= 15 is 0 Å². The van der Waals surface area contributed by atoms with Crippen molar-refractivity contribution >= 4 is 5.69 Å². The summed E-state index contributed by atoms with van der Waals surface area (Å²) in [5, 5.41) is 13.0. The van der Waals surface area contributed by atoms with Gasteiger partial charge in [0.1, 0.15) is 11.9 Å². The van der Waals surface area contributed by atoms with Gasteiger partial charge in [-0.3, -0.25) is 0 Å². The van der Waals surface area contributed by atoms with Crippen LogP contribution in [0, 0.1) is 0 Å². The summed E-state index contributed by atoms with van der Waals surface area (Å²) in [6.07, 6.45) is 0.664. The Hall–Kier alpha value is -2.21. The number of nitrogens with one attached hydrogen (secondary N) is 3. The van der Waals surface area contributed by atoms with E-state index in [1.807, 2.05) is 31.2 Å². The highest BCUT2D eigenvalue weighted by molar-refractivity contribution is 5.56. The average molecular weight is 263 g/mol. The molecule has 0 saturated carbocycles. The third-order valence-corrected chi connectivity index (χ3v) is 2.65. The molecule has 0 aliphatic heterocycles. The second-order valence-corrected chi connectivity index (χ2v) is 4.02. The zero-order valence-electron chi connectivity index (χ0n) is 10.6. The Bertz CT molecular complexity index is 576. The molecule has 2 rings (SSSR count). The van der Waals surface area contributed by atoms with Gasteiger partial charge in [-0.2, -0.15) is 0 Å². The first-order chi connectivity index (χ1) is 9.20. The van der Waals surface area contributed by atoms with Crippen molar-refractivity contribution in [3.8, 4) is 5.75 Å². The molecule has 1 unspecified atom stereocenters. The van der Waals surface area contributed by atoms with Crippen molar-refractivity contribution in [2.45, 2.75) is 13.0 Å². The van der Waals surface area contributed by atoms with Crippen LogP contribution < -0.4 is 15.7 Å². The van der Waals surface area contributed by atoms with Crippen molar-refractivity contribution in [1.29, 1.82) is 0 Å². The van der Waals surface area contributed by atoms with Crippen molar-refractivity contribution in [3.05, 3.63) is 46.6 Å². The lowest BCUT2D eigenvalue weighted by Crippen LogP contribution is -2.14. The van der Waals surface area contributed by atoms with Gasteiger partial charge in [-0.25, -0.2) is 4.79 Å². The Morgan fingerprint density at radius 2 is 2.21 bits per heavy atom. The number of rotatable bonds is 6. The van der Waals surface area contributed by atoms with Crippen molar-refractivity contribution in [2.75, 3.05) is 18.5 Å². The molecule has 19 heavy (non-hydrogen) atoms. The first-order valence-electron chi connectivity index (χ1n) is 6.12. The van der Waals surface area contributed by atoms with E-state index in [4.69, 9.17) is 4.74 Å². The summed E-state index contributed by atoms with van der Waals surface area (Å²) in [5.74, 6) is 0.736. The lowest BCUT2D eigenvalue weighted by Gasteiger charge is -2.14. The first kappa shape index (κ1) is 13.2. The van der Waals surface area contributed by atoms with Crippen molar-refractivity contribution in [1.82, 2.24) is 9.97 Å². The van der Waals surface area contributed by atoms with Crippen LogP contribution in [0.15, 0.2) is 35.3 Å². The second kappa shape index (κ2) is 6.10. The number of aliphatic hydroxyl groups excluding tert-OH is 1. The maximum Gasteiger partial charge on any atom is 0.323 e. The third kappa shape index (κ3) is 3.38. The van der Waals surface area contributed by atoms with Crippen LogP contribution in [-0.2, 0) is 0 Å². The predicted octanol–water partition coefficient (Wildman–Crippen LogP) is 1.25. The van der Waals surface area contributed by atoms with E-state index in [-0.39, 0.29) is 12.2 Å². The molecule has 0 aliphatic rings. The number of anilines is 1. The van der Waals surface area contributed by atoms with E-state index in [1.165, 1.54) is 6.20 Å². The van der Waals surface area contributed by atoms with Crippen LogP contribution in [0.25, 0.3) is 0 Å². The topological polar surface area (TPSA) is 90.1 Å². The van der Waals surface area contributed by atoms with Crippen molar-refractivity contribution < 1.29 is 9.84 Å². The second-order valence-electron chi connectivity index (χ2n) is 4.02. The van der Waals surface area contributed by atoms with Crippen LogP contribution >= 0.6 is 0 Å². The SMILES string of the molecule is CCOc1ccccc1NCC(O)c1c[nH]c(=O)[nH]1. The number of aliphatic hydroxyl groups is 1. The number of H-pyrrole nitrogens is 2. The van der Waals surface area contributed by atoms with Crippen molar-refractivity contribution in [3.63, 3.8) is 0 Å². The molecule has 2 aromatic rings. The highest BCUT2D eigenvalue weighted by atomic mass is 16.5. The minimum absolute atomic E-state index is 0.276. The van der Waals surface area contributed by atoms with Gasteiger partial charge in [0.05, 0.1) is 18.0 Å². The Kier molecular flexibility index (Phi) is 4.25. The summed E-state index contributed by atoms with van der Waals surface area (Å²) < 4.78 is 5.47. The molecule has 1 heterocycles. The molecule has 1 aromatic carbocycles. The summed E-state index contributed by atoms with van der Waals surface area (Å²) in [6.45, 7) is 2.76. The summed E-state index contributed by atoms with van der Waals surface area (Å²) in [7, 11) is 0. The standard InChI is InChI=1S/C13H17N3O3/c1-2-19-12-6-4-3-5-9(12)14-8-11(17)10-7-15-13(18)16-10/h3-7,11,14,17H,2,8H2,1H3,(H2,15,16,18). The number of para-hydroxylation sites is 2. The van der Waals surface area contributed by atoms with Gasteiger partial charge in [0.2, 0.25) is 0 Å². The fraction of sp³-hybridized carbons (Fsp3) is 0.308. The van der Waals surface area contributed by atoms with E-state index in [2.05, 4.69) is 15.3 Å². The number of hydrogen-bond donors (Lipinski definition) is 4. The van der Waals surface area contributed by atoms with E-state index in [0.717, 1.165) is 11.4 Å². The summed E-state index contributed by atoms with van der Waals surface area (Å²) in [6, 6.07) is 7.50. The lowest BCUT2D eigenvalue weighted by atomic mass is 10.2. The van der Waals surface area contributed by atoms with Gasteiger partial charge in [0.25, 0.3) is 0 Å². The molecule has 0 fully saturated rings. The number of imidazole rings is 1. The van der Waals surface area contributed by atoms with E-state index in [1.54, 1.807) is 0 Å². The fourth-order valence-corrected chi connectivity index (χ4v) is 1.74. The predicted molar refractivity (Wildman–Crippen MR) is 72.5 cm³/mol. The zero-order chi connectivity index (χ0) is 13.7. The Balaban J connectivity index is 2.00. The van der Waals surface area contributed by atoms with Gasteiger partial charge in [-0.1, -0.05) is 12.1 Å². The molecule has 0 amide bonds. The average Bonchev–Trinajstić information content (AvgIpc) is 2.84. The minimum Gasteiger partial charge on any atom is -0.492 e. The zero-order valence-corrected chi connectivity index (χ0v) is 10.6. The summed E-state index contributed by atoms with van der Waals surface area (Å²) >= 11 is 0. The molecule has 0 aliphatic carbocycles. The molecule has 0 saturated heterocycles. The Morgan fingerprint density at radius 1 is 1.42 bits per heavy atom. The molecule has 6 nitrogen and oxygen atoms in total. The van der Waals surface area contributed by atoms with E-state index in [0.29, 0.717) is 12.3 Å². The van der Waals surface area contributed by atoms with E-state index in [9.17, 15) is 9.90 Å². The molecular weight excluding hydrogens is 246 g/mol. The van der Waals surface area contributed by atoms with Crippen LogP contribution in [0.2, 0.25) is 0 Å². The summed E-state index contributed by atoms with van der Waals surface area (Å²) in [5.41, 5.74) is 0.927. The highest BCUT2D eigenvalue weighted by Gasteiger charge is 2.10. The van der Waals surface area contributed by atoms with Gasteiger partial charge in [-0.05, 0) is 19.1 Å². The lowest BCUT2D eigenvalue weighted by molar-refractivity contribution is 0.187. The van der Waals surface area contributed by atoms with Gasteiger partial charge in [0, 0.05) is 12.7 Å². The number of ether oxygens (including phenoxy) is 1. The number of aromatic nitrogens is 2. The number of benzene rings is 1. The molecule has 0 bridgehead atoms. The van der Waals surface area contributed by atoms with Gasteiger partial charge < -0.3 is 25.1 Å². The molecular formula is C13H17N3O3. The molecule has 0 spiro atoms. The highest BCUT2D eigenvalue weighted by Crippen LogP contribution is 2.24. The number of aromatic amines is 2. The van der Waals surface area contributed by atoms with Crippen LogP contribution in [0.4, 0.5) is 5.69 Å².